The molecule has 0 bridgehead atoms. The van der Waals surface area contributed by atoms with Gasteiger partial charge in [-0.05, 0) is 35.4 Å². The van der Waals surface area contributed by atoms with Gasteiger partial charge in [-0.15, -0.1) is 0 Å². The lowest BCUT2D eigenvalue weighted by molar-refractivity contribution is -0.00663. The Morgan fingerprint density at radius 2 is 0.938 bits per heavy atom. The Morgan fingerprint density at radius 3 is 1.19 bits per heavy atom. The van der Waals surface area contributed by atoms with E-state index in [2.05, 4.69) is 13.8 Å². The second kappa shape index (κ2) is 7.94. The van der Waals surface area contributed by atoms with Crippen molar-refractivity contribution >= 4 is 0 Å². The van der Waals surface area contributed by atoms with Crippen LogP contribution in [-0.4, -0.2) is 51.9 Å². The summed E-state index contributed by atoms with van der Waals surface area (Å²) < 4.78 is 34.1. The van der Waals surface area contributed by atoms with Crippen LogP contribution >= 0.6 is 0 Å². The summed E-state index contributed by atoms with van der Waals surface area (Å²) in [6, 6.07) is 7.11. The number of phenolic OH excluding ortho intramolecular Hbond substituents is 2. The average Bonchev–Trinajstić information content (AvgIpc) is 3.20. The molecule has 0 unspecified atom stereocenters. The Hall–Kier alpha value is -2.84. The Morgan fingerprint density at radius 1 is 0.656 bits per heavy atom. The summed E-state index contributed by atoms with van der Waals surface area (Å²) in [6.07, 6.45) is -0.608. The molecule has 32 heavy (non-hydrogen) atoms. The van der Waals surface area contributed by atoms with Crippen LogP contribution in [0.2, 0.25) is 0 Å². The molecular weight excluding hydrogens is 416 g/mol. The minimum absolute atomic E-state index is 0.0477. The van der Waals surface area contributed by atoms with Gasteiger partial charge in [0, 0.05) is 10.8 Å². The zero-order valence-corrected chi connectivity index (χ0v) is 19.2. The number of methoxy groups -OCH3 is 4. The van der Waals surface area contributed by atoms with E-state index < -0.39 is 0 Å². The van der Waals surface area contributed by atoms with E-state index in [1.165, 1.54) is 28.4 Å². The molecule has 2 aliphatic heterocycles. The van der Waals surface area contributed by atoms with Crippen LogP contribution in [0.4, 0.5) is 0 Å². The summed E-state index contributed by atoms with van der Waals surface area (Å²) >= 11 is 0. The summed E-state index contributed by atoms with van der Waals surface area (Å²) in [4.78, 5) is 0. The molecule has 2 heterocycles. The predicted molar refractivity (Wildman–Crippen MR) is 116 cm³/mol. The smallest absolute Gasteiger partial charge is 0.200 e. The third-order valence-corrected chi connectivity index (χ3v) is 7.17. The molecule has 2 aromatic carbocycles. The van der Waals surface area contributed by atoms with Gasteiger partial charge in [-0.2, -0.15) is 0 Å². The van der Waals surface area contributed by atoms with Crippen molar-refractivity contribution in [3.05, 3.63) is 35.4 Å². The second-order valence-corrected chi connectivity index (χ2v) is 8.77. The van der Waals surface area contributed by atoms with Gasteiger partial charge < -0.3 is 38.6 Å². The maximum absolute atomic E-state index is 10.3. The van der Waals surface area contributed by atoms with Crippen LogP contribution in [0.3, 0.4) is 0 Å². The van der Waals surface area contributed by atoms with Crippen molar-refractivity contribution in [3.8, 4) is 34.5 Å². The highest BCUT2D eigenvalue weighted by Crippen LogP contribution is 2.66. The van der Waals surface area contributed by atoms with Crippen molar-refractivity contribution in [1.82, 2.24) is 0 Å². The monoisotopic (exact) mass is 446 g/mol. The molecule has 2 fully saturated rings. The quantitative estimate of drug-likeness (QED) is 0.688. The largest absolute Gasteiger partial charge is 0.502 e. The molecule has 8 nitrogen and oxygen atoms in total. The van der Waals surface area contributed by atoms with E-state index in [4.69, 9.17) is 28.4 Å². The number of hydrogen-bond donors (Lipinski definition) is 2. The maximum Gasteiger partial charge on any atom is 0.200 e. The standard InChI is InChI=1S/C24H30O8/c1-23-11-31-22(14-9-17(29-5)20(26)18(10-14)30-6)24(23,2)12-32-21(23)13-7-15(27-3)19(25)16(8-13)28-4/h7-10,21-22,25-26H,11-12H2,1-6H3/t21-,22+,23-,24+. The lowest BCUT2D eigenvalue weighted by atomic mass is 9.62. The number of benzene rings is 2. The van der Waals surface area contributed by atoms with Crippen molar-refractivity contribution in [2.24, 2.45) is 10.8 Å². The van der Waals surface area contributed by atoms with E-state index in [1.807, 2.05) is 0 Å². The minimum atomic E-state index is -0.386. The van der Waals surface area contributed by atoms with Gasteiger partial charge in [0.1, 0.15) is 0 Å². The molecule has 0 aromatic heterocycles. The fourth-order valence-electron chi connectivity index (χ4n) is 5.02. The third-order valence-electron chi connectivity index (χ3n) is 7.17. The number of ether oxygens (including phenoxy) is 6. The van der Waals surface area contributed by atoms with E-state index in [0.29, 0.717) is 36.2 Å². The molecule has 0 aliphatic carbocycles. The molecule has 0 spiro atoms. The van der Waals surface area contributed by atoms with Crippen LogP contribution in [0.5, 0.6) is 34.5 Å². The number of aromatic hydroxyl groups is 2. The Balaban J connectivity index is 1.75. The first-order valence-corrected chi connectivity index (χ1v) is 10.4. The van der Waals surface area contributed by atoms with E-state index >= 15 is 0 Å². The summed E-state index contributed by atoms with van der Waals surface area (Å²) in [7, 11) is 6.00. The molecule has 2 N–H and O–H groups in total. The van der Waals surface area contributed by atoms with Crippen molar-refractivity contribution in [2.75, 3.05) is 41.7 Å². The highest BCUT2D eigenvalue weighted by Gasteiger charge is 2.65. The predicted octanol–water partition coefficient (Wildman–Crippen LogP) is 3.99. The van der Waals surface area contributed by atoms with Gasteiger partial charge in [0.25, 0.3) is 0 Å². The summed E-state index contributed by atoms with van der Waals surface area (Å²) in [5.41, 5.74) is 0.909. The molecule has 4 rings (SSSR count). The van der Waals surface area contributed by atoms with E-state index in [0.717, 1.165) is 11.1 Å². The van der Waals surface area contributed by atoms with Gasteiger partial charge in [0.2, 0.25) is 11.5 Å². The molecule has 2 aliphatic rings. The Kier molecular flexibility index (Phi) is 5.55. The maximum atomic E-state index is 10.3. The molecule has 2 saturated heterocycles. The lowest BCUT2D eigenvalue weighted by Gasteiger charge is -2.37. The fraction of sp³-hybridized carbons (Fsp3) is 0.500. The molecule has 4 atom stereocenters. The number of phenols is 2. The fourth-order valence-corrected chi connectivity index (χ4v) is 5.02. The minimum Gasteiger partial charge on any atom is -0.502 e. The molecule has 174 valence electrons. The van der Waals surface area contributed by atoms with Crippen molar-refractivity contribution in [3.63, 3.8) is 0 Å². The number of hydrogen-bond acceptors (Lipinski definition) is 8. The molecule has 0 saturated carbocycles. The summed E-state index contributed by atoms with van der Waals surface area (Å²) in [5, 5.41) is 20.6. The first-order chi connectivity index (χ1) is 15.2. The van der Waals surface area contributed by atoms with Gasteiger partial charge in [-0.1, -0.05) is 13.8 Å². The van der Waals surface area contributed by atoms with Gasteiger partial charge in [-0.3, -0.25) is 0 Å². The van der Waals surface area contributed by atoms with Crippen LogP contribution in [-0.2, 0) is 9.47 Å². The van der Waals surface area contributed by atoms with Crippen LogP contribution < -0.4 is 18.9 Å². The van der Waals surface area contributed by atoms with Gasteiger partial charge in [0.15, 0.2) is 23.0 Å². The third kappa shape index (κ3) is 3.04. The molecule has 0 amide bonds. The first kappa shape index (κ1) is 22.4. The SMILES string of the molecule is COc1cc([C@H]2OC[C@@]3(C)[C@H](c4cc(OC)c(O)c(OC)c4)OC[C@]23C)cc(OC)c1O. The van der Waals surface area contributed by atoms with Crippen molar-refractivity contribution in [2.45, 2.75) is 26.1 Å². The van der Waals surface area contributed by atoms with Crippen molar-refractivity contribution in [1.29, 1.82) is 0 Å². The van der Waals surface area contributed by atoms with E-state index in [-0.39, 0.29) is 34.5 Å². The van der Waals surface area contributed by atoms with Crippen LogP contribution in [0.25, 0.3) is 0 Å². The topological polar surface area (TPSA) is 95.8 Å². The van der Waals surface area contributed by atoms with E-state index in [1.54, 1.807) is 24.3 Å². The normalized spacial score (nSPS) is 28.9. The van der Waals surface area contributed by atoms with Gasteiger partial charge in [0.05, 0.1) is 53.9 Å². The Bertz CT molecular complexity index is 890. The Labute approximate surface area is 187 Å². The summed E-state index contributed by atoms with van der Waals surface area (Å²) in [5.74, 6) is 1.20. The number of fused-ring (bicyclic) bond motifs is 1. The van der Waals surface area contributed by atoms with E-state index in [9.17, 15) is 10.2 Å². The second-order valence-electron chi connectivity index (χ2n) is 8.77. The van der Waals surface area contributed by atoms with Gasteiger partial charge >= 0.3 is 0 Å². The lowest BCUT2D eigenvalue weighted by Crippen LogP contribution is -2.37. The first-order valence-electron chi connectivity index (χ1n) is 10.4. The average molecular weight is 446 g/mol. The molecule has 8 heteroatoms. The summed E-state index contributed by atoms with van der Waals surface area (Å²) in [6.45, 7) is 5.20. The van der Waals surface area contributed by atoms with Crippen molar-refractivity contribution < 1.29 is 38.6 Å². The van der Waals surface area contributed by atoms with Crippen LogP contribution in [0, 0.1) is 10.8 Å². The van der Waals surface area contributed by atoms with Crippen LogP contribution in [0.15, 0.2) is 24.3 Å². The molecule has 2 aromatic rings. The zero-order chi connectivity index (χ0) is 23.3. The highest BCUT2D eigenvalue weighted by molar-refractivity contribution is 5.55. The molecule has 0 radical (unpaired) electrons. The van der Waals surface area contributed by atoms with Crippen LogP contribution in [0.1, 0.15) is 37.2 Å². The zero-order valence-electron chi connectivity index (χ0n) is 19.2. The highest BCUT2D eigenvalue weighted by atomic mass is 16.5. The molecular formula is C24H30O8. The van der Waals surface area contributed by atoms with Gasteiger partial charge in [-0.25, -0.2) is 0 Å². The number of rotatable bonds is 6.